The summed E-state index contributed by atoms with van der Waals surface area (Å²) >= 11 is 0. The van der Waals surface area contributed by atoms with E-state index in [2.05, 4.69) is 39.6 Å². The fourth-order valence-electron chi connectivity index (χ4n) is 3.84. The summed E-state index contributed by atoms with van der Waals surface area (Å²) in [5.41, 5.74) is 1.33. The van der Waals surface area contributed by atoms with E-state index < -0.39 is 5.54 Å². The van der Waals surface area contributed by atoms with Gasteiger partial charge in [-0.05, 0) is 24.6 Å². The van der Waals surface area contributed by atoms with Crippen molar-refractivity contribution in [2.75, 3.05) is 26.4 Å². The number of hydrogen-bond acceptors (Lipinski definition) is 6. The molecule has 3 heterocycles. The second-order valence-corrected chi connectivity index (χ2v) is 7.51. The molecule has 1 saturated heterocycles. The van der Waals surface area contributed by atoms with Crippen LogP contribution >= 0.6 is 0 Å². The maximum atomic E-state index is 12.8. The van der Waals surface area contributed by atoms with Crippen LogP contribution in [0, 0.1) is 0 Å². The lowest BCUT2D eigenvalue weighted by Gasteiger charge is -2.49. The van der Waals surface area contributed by atoms with Crippen molar-refractivity contribution in [2.24, 2.45) is 0 Å². The largest absolute Gasteiger partial charge is 0.394 e. The maximum Gasteiger partial charge on any atom is 0.274 e. The van der Waals surface area contributed by atoms with Gasteiger partial charge in [0.25, 0.3) is 5.91 Å². The molecule has 4 rings (SSSR count). The molecule has 152 valence electrons. The third-order valence-corrected chi connectivity index (χ3v) is 5.48. The number of nitrogens with one attached hydrogen (secondary N) is 1. The molecule has 2 aromatic heterocycles. The number of morpholine rings is 1. The number of aliphatic hydroxyl groups excluding tert-OH is 1. The third kappa shape index (κ3) is 3.87. The number of ether oxygens (including phenoxy) is 1. The molecule has 0 spiro atoms. The molecule has 1 aliphatic heterocycles. The molecule has 29 heavy (non-hydrogen) atoms. The van der Waals surface area contributed by atoms with Crippen LogP contribution in [0.15, 0.2) is 54.7 Å². The molecule has 2 atom stereocenters. The zero-order valence-electron chi connectivity index (χ0n) is 16.4. The first-order valence-electron chi connectivity index (χ1n) is 9.70. The van der Waals surface area contributed by atoms with Crippen LogP contribution in [0.5, 0.6) is 0 Å². The van der Waals surface area contributed by atoms with Crippen LogP contribution in [0.25, 0.3) is 5.52 Å². The Labute approximate surface area is 169 Å². The molecule has 0 saturated carbocycles. The third-order valence-electron chi connectivity index (χ3n) is 5.48. The molecular weight excluding hydrogens is 370 g/mol. The first-order valence-corrected chi connectivity index (χ1v) is 9.70. The zero-order valence-corrected chi connectivity index (χ0v) is 16.4. The Hall–Kier alpha value is -2.81. The standard InChI is InChI=1S/C21H25N5O3/c1-16-12-29-15-21(14-27,25(16)11-17-7-3-2-4-8-17)13-22-20(28)19-18-9-5-6-10-26(18)24-23-19/h2-10,16,27H,11-15H2,1H3,(H,22,28)/t16-,21+/m1/s1. The second-order valence-electron chi connectivity index (χ2n) is 7.51. The fourth-order valence-corrected chi connectivity index (χ4v) is 3.84. The van der Waals surface area contributed by atoms with Gasteiger partial charge in [-0.2, -0.15) is 0 Å². The number of amides is 1. The molecule has 3 aromatic rings. The molecule has 8 heteroatoms. The van der Waals surface area contributed by atoms with Gasteiger partial charge >= 0.3 is 0 Å². The molecule has 0 aliphatic carbocycles. The van der Waals surface area contributed by atoms with Crippen molar-refractivity contribution in [3.63, 3.8) is 0 Å². The summed E-state index contributed by atoms with van der Waals surface area (Å²) in [5, 5.41) is 21.2. The number of hydrogen-bond donors (Lipinski definition) is 2. The second kappa shape index (κ2) is 8.28. The van der Waals surface area contributed by atoms with E-state index in [0.29, 0.717) is 25.3 Å². The van der Waals surface area contributed by atoms with Gasteiger partial charge < -0.3 is 15.2 Å². The highest BCUT2D eigenvalue weighted by Gasteiger charge is 2.43. The van der Waals surface area contributed by atoms with Crippen LogP contribution < -0.4 is 5.32 Å². The van der Waals surface area contributed by atoms with Crippen LogP contribution in [0.1, 0.15) is 23.0 Å². The van der Waals surface area contributed by atoms with E-state index in [1.54, 1.807) is 16.8 Å². The lowest BCUT2D eigenvalue weighted by atomic mass is 9.94. The summed E-state index contributed by atoms with van der Waals surface area (Å²) in [6, 6.07) is 15.7. The number of fused-ring (bicyclic) bond motifs is 1. The van der Waals surface area contributed by atoms with Crippen molar-refractivity contribution in [1.82, 2.24) is 25.0 Å². The minimum Gasteiger partial charge on any atom is -0.394 e. The molecule has 1 amide bonds. The molecule has 0 unspecified atom stereocenters. The van der Waals surface area contributed by atoms with E-state index in [0.717, 1.165) is 5.56 Å². The van der Waals surface area contributed by atoms with E-state index >= 15 is 0 Å². The molecule has 2 N–H and O–H groups in total. The van der Waals surface area contributed by atoms with Crippen molar-refractivity contribution in [1.29, 1.82) is 0 Å². The minimum atomic E-state index is -0.716. The van der Waals surface area contributed by atoms with Crippen molar-refractivity contribution < 1.29 is 14.6 Å². The first kappa shape index (κ1) is 19.5. The minimum absolute atomic E-state index is 0.100. The SMILES string of the molecule is C[C@@H]1COC[C@@](CO)(CNC(=O)c2nnn3ccccc23)N1Cc1ccccc1. The molecule has 1 aromatic carbocycles. The monoisotopic (exact) mass is 395 g/mol. The molecule has 0 bridgehead atoms. The van der Waals surface area contributed by atoms with Crippen molar-refractivity contribution in [3.05, 3.63) is 66.0 Å². The van der Waals surface area contributed by atoms with Gasteiger partial charge in [0.2, 0.25) is 0 Å². The van der Waals surface area contributed by atoms with Gasteiger partial charge in [-0.1, -0.05) is 41.6 Å². The topological polar surface area (TPSA) is 92.0 Å². The van der Waals surface area contributed by atoms with E-state index in [-0.39, 0.29) is 30.8 Å². The molecule has 0 radical (unpaired) electrons. The van der Waals surface area contributed by atoms with Crippen molar-refractivity contribution >= 4 is 11.4 Å². The average Bonchev–Trinajstić information content (AvgIpc) is 3.19. The number of aromatic nitrogens is 3. The number of benzene rings is 1. The number of carbonyl (C=O) groups is 1. The van der Waals surface area contributed by atoms with E-state index in [1.807, 2.05) is 30.3 Å². The van der Waals surface area contributed by atoms with Gasteiger partial charge in [-0.15, -0.1) is 5.10 Å². The predicted octanol–water partition coefficient (Wildman–Crippen LogP) is 1.11. The average molecular weight is 395 g/mol. The van der Waals surface area contributed by atoms with Crippen LogP contribution in [0.2, 0.25) is 0 Å². The Morgan fingerprint density at radius 1 is 1.28 bits per heavy atom. The summed E-state index contributed by atoms with van der Waals surface area (Å²) in [7, 11) is 0. The van der Waals surface area contributed by atoms with Crippen LogP contribution in [-0.4, -0.2) is 68.7 Å². The summed E-state index contributed by atoms with van der Waals surface area (Å²) in [4.78, 5) is 15.0. The predicted molar refractivity (Wildman–Crippen MR) is 107 cm³/mol. The summed E-state index contributed by atoms with van der Waals surface area (Å²) in [6.45, 7) is 3.76. The lowest BCUT2D eigenvalue weighted by Crippen LogP contribution is -2.66. The van der Waals surface area contributed by atoms with Crippen LogP contribution in [0.3, 0.4) is 0 Å². The number of rotatable bonds is 6. The molecule has 8 nitrogen and oxygen atoms in total. The maximum absolute atomic E-state index is 12.8. The Morgan fingerprint density at radius 2 is 2.07 bits per heavy atom. The normalized spacial score (nSPS) is 22.6. The molecule has 1 fully saturated rings. The number of aliphatic hydroxyl groups is 1. The van der Waals surface area contributed by atoms with E-state index in [9.17, 15) is 9.90 Å². The Bertz CT molecular complexity index is 977. The lowest BCUT2D eigenvalue weighted by molar-refractivity contribution is -0.121. The number of pyridine rings is 1. The summed E-state index contributed by atoms with van der Waals surface area (Å²) in [6.07, 6.45) is 1.74. The van der Waals surface area contributed by atoms with Gasteiger partial charge in [-0.25, -0.2) is 4.52 Å². The molecule has 1 aliphatic rings. The summed E-state index contributed by atoms with van der Waals surface area (Å²) < 4.78 is 7.32. The smallest absolute Gasteiger partial charge is 0.274 e. The Kier molecular flexibility index (Phi) is 5.57. The highest BCUT2D eigenvalue weighted by molar-refractivity contribution is 5.98. The van der Waals surface area contributed by atoms with Gasteiger partial charge in [-0.3, -0.25) is 9.69 Å². The molecular formula is C21H25N5O3. The van der Waals surface area contributed by atoms with Gasteiger partial charge in [0, 0.05) is 25.3 Å². The van der Waals surface area contributed by atoms with Crippen molar-refractivity contribution in [3.8, 4) is 0 Å². The Morgan fingerprint density at radius 3 is 2.86 bits per heavy atom. The van der Waals surface area contributed by atoms with Crippen LogP contribution in [-0.2, 0) is 11.3 Å². The number of nitrogens with zero attached hydrogens (tertiary/aromatic N) is 4. The van der Waals surface area contributed by atoms with Gasteiger partial charge in [0.05, 0.1) is 30.9 Å². The van der Waals surface area contributed by atoms with E-state index in [1.165, 1.54) is 0 Å². The van der Waals surface area contributed by atoms with Crippen LogP contribution in [0.4, 0.5) is 0 Å². The highest BCUT2D eigenvalue weighted by Crippen LogP contribution is 2.26. The van der Waals surface area contributed by atoms with E-state index in [4.69, 9.17) is 4.74 Å². The van der Waals surface area contributed by atoms with Crippen molar-refractivity contribution in [2.45, 2.75) is 25.0 Å². The fraction of sp³-hybridized carbons (Fsp3) is 0.381. The number of carbonyl (C=O) groups excluding carboxylic acids is 1. The quantitative estimate of drug-likeness (QED) is 0.650. The zero-order chi connectivity index (χ0) is 20.3. The van der Waals surface area contributed by atoms with Gasteiger partial charge in [0.15, 0.2) is 5.69 Å². The Balaban J connectivity index is 1.54. The summed E-state index contributed by atoms with van der Waals surface area (Å²) in [5.74, 6) is -0.322. The van der Waals surface area contributed by atoms with Gasteiger partial charge in [0.1, 0.15) is 0 Å². The first-order chi connectivity index (χ1) is 14.1. The highest BCUT2D eigenvalue weighted by atomic mass is 16.5.